The molecule has 340 valence electrons. The Kier molecular flexibility index (Phi) is 9.86. The van der Waals surface area contributed by atoms with Gasteiger partial charge in [0.15, 0.2) is 0 Å². The van der Waals surface area contributed by atoms with Crippen LogP contribution in [0.5, 0.6) is 0 Å². The lowest BCUT2D eigenvalue weighted by molar-refractivity contribution is 0.598. The zero-order chi connectivity index (χ0) is 47.8. The van der Waals surface area contributed by atoms with Crippen molar-refractivity contribution in [2.24, 2.45) is 0 Å². The summed E-state index contributed by atoms with van der Waals surface area (Å²) in [6.07, 6.45) is 0. The molecule has 0 amide bonds. The number of nitrogens with zero attached hydrogens (tertiary/aromatic N) is 3. The van der Waals surface area contributed by atoms with Gasteiger partial charge in [-0.05, 0) is 146 Å². The van der Waals surface area contributed by atoms with E-state index in [1.807, 2.05) is 0 Å². The smallest absolute Gasteiger partial charge is 0.0544 e. The molecule has 3 heteroatoms. The van der Waals surface area contributed by atoms with Gasteiger partial charge in [0.25, 0.3) is 0 Å². The Morgan fingerprint density at radius 3 is 1.24 bits per heavy atom. The Morgan fingerprint density at radius 1 is 0.296 bits per heavy atom. The van der Waals surface area contributed by atoms with Crippen LogP contribution in [-0.2, 0) is 10.8 Å². The molecular weight excluding hydrogens is 859 g/mol. The fourth-order valence-electron chi connectivity index (χ4n) is 11.7. The summed E-state index contributed by atoms with van der Waals surface area (Å²) in [7, 11) is 0. The molecule has 3 nitrogen and oxygen atoms in total. The van der Waals surface area contributed by atoms with Crippen LogP contribution < -0.4 is 14.7 Å². The molecule has 2 aliphatic heterocycles. The second-order valence-electron chi connectivity index (χ2n) is 20.2. The highest BCUT2D eigenvalue weighted by Crippen LogP contribution is 2.61. The summed E-state index contributed by atoms with van der Waals surface area (Å²) in [5.74, 6) is 0. The Hall–Kier alpha value is -8.66. The monoisotopic (exact) mass is 911 g/mol. The van der Waals surface area contributed by atoms with E-state index >= 15 is 0 Å². The Morgan fingerprint density at radius 2 is 0.690 bits per heavy atom. The van der Waals surface area contributed by atoms with E-state index in [2.05, 4.69) is 291 Å². The van der Waals surface area contributed by atoms with Crippen molar-refractivity contribution in [2.45, 2.75) is 38.5 Å². The van der Waals surface area contributed by atoms with E-state index in [1.54, 1.807) is 0 Å². The van der Waals surface area contributed by atoms with E-state index in [9.17, 15) is 0 Å². The third kappa shape index (κ3) is 6.87. The summed E-state index contributed by atoms with van der Waals surface area (Å²) in [5, 5.41) is 4.89. The van der Waals surface area contributed by atoms with E-state index in [4.69, 9.17) is 0 Å². The molecule has 0 bridgehead atoms. The van der Waals surface area contributed by atoms with Crippen molar-refractivity contribution in [3.05, 3.63) is 271 Å². The lowest BCUT2D eigenvalue weighted by atomic mass is 9.65. The zero-order valence-electron chi connectivity index (χ0n) is 40.5. The van der Waals surface area contributed by atoms with Gasteiger partial charge in [0, 0.05) is 44.4 Å². The van der Waals surface area contributed by atoms with E-state index in [-0.39, 0.29) is 10.8 Å². The summed E-state index contributed by atoms with van der Waals surface area (Å²) >= 11 is 0. The fraction of sp³-hybridized carbons (Fsp3) is 0.0882. The lowest BCUT2D eigenvalue weighted by Crippen LogP contribution is -2.38. The SMILES string of the molecule is CC1(C)c2ccccc2N2c3ccc(-c4ccc(N(c5ccccc5)c5cccc6ccccc56)cc4)cc3C(C)(C)c3cc(-c4ccc(N(c5ccccc5)c5cccc6ccccc56)cc4)cc1c32. The van der Waals surface area contributed by atoms with Gasteiger partial charge in [-0.2, -0.15) is 0 Å². The highest BCUT2D eigenvalue weighted by Gasteiger charge is 2.46. The standard InChI is InChI=1S/C68H53N3/c1-67(2)58-29-15-16-30-64(58)71-65-42-37-50(46-33-38-54(39-34-46)69(52-23-7-5-8-24-52)62-31-17-21-48-19-11-13-27-56(48)62)43-59(65)68(3,4)61-45-51(44-60(67)66(61)71)47-35-40-55(41-36-47)70(53-25-9-6-10-26-53)63-32-18-22-49-20-12-14-28-57(49)63/h5-45H,1-4H3. The summed E-state index contributed by atoms with van der Waals surface area (Å²) in [6, 6.07) is 91.4. The molecule has 0 saturated heterocycles. The third-order valence-electron chi connectivity index (χ3n) is 15.4. The fourth-order valence-corrected chi connectivity index (χ4v) is 11.7. The number of fused-ring (bicyclic) bond motifs is 6. The van der Waals surface area contributed by atoms with Crippen molar-refractivity contribution in [1.29, 1.82) is 0 Å². The number of anilines is 9. The van der Waals surface area contributed by atoms with Crippen LogP contribution in [0.4, 0.5) is 51.2 Å². The molecule has 0 radical (unpaired) electrons. The topological polar surface area (TPSA) is 9.72 Å². The second-order valence-corrected chi connectivity index (χ2v) is 20.2. The molecule has 71 heavy (non-hydrogen) atoms. The molecule has 0 atom stereocenters. The van der Waals surface area contributed by atoms with Crippen molar-refractivity contribution >= 4 is 72.7 Å². The summed E-state index contributed by atoms with van der Waals surface area (Å²) in [6.45, 7) is 9.66. The number of para-hydroxylation sites is 3. The molecule has 0 aliphatic carbocycles. The minimum absolute atomic E-state index is 0.236. The highest BCUT2D eigenvalue weighted by molar-refractivity contribution is 6.01. The van der Waals surface area contributed by atoms with Gasteiger partial charge in [0.05, 0.1) is 28.4 Å². The van der Waals surface area contributed by atoms with Crippen LogP contribution in [0.3, 0.4) is 0 Å². The zero-order valence-corrected chi connectivity index (χ0v) is 40.5. The first-order chi connectivity index (χ1) is 34.7. The van der Waals surface area contributed by atoms with Gasteiger partial charge in [0.2, 0.25) is 0 Å². The summed E-state index contributed by atoms with van der Waals surface area (Å²) in [5.41, 5.74) is 20.2. The average molecular weight is 912 g/mol. The molecule has 13 rings (SSSR count). The maximum atomic E-state index is 2.56. The summed E-state index contributed by atoms with van der Waals surface area (Å²) in [4.78, 5) is 7.33. The van der Waals surface area contributed by atoms with E-state index in [0.717, 1.165) is 34.1 Å². The van der Waals surface area contributed by atoms with Crippen molar-refractivity contribution in [1.82, 2.24) is 0 Å². The van der Waals surface area contributed by atoms with Crippen LogP contribution in [0, 0.1) is 0 Å². The molecule has 0 saturated carbocycles. The van der Waals surface area contributed by atoms with Crippen LogP contribution in [0.2, 0.25) is 0 Å². The van der Waals surface area contributed by atoms with Crippen molar-refractivity contribution in [3.63, 3.8) is 0 Å². The lowest BCUT2D eigenvalue weighted by Gasteiger charge is -2.50. The van der Waals surface area contributed by atoms with Gasteiger partial charge in [-0.25, -0.2) is 0 Å². The third-order valence-corrected chi connectivity index (χ3v) is 15.4. The van der Waals surface area contributed by atoms with E-state index in [1.165, 1.54) is 83.1 Å². The maximum absolute atomic E-state index is 2.56. The first-order valence-corrected chi connectivity index (χ1v) is 24.8. The molecule has 11 aromatic rings. The van der Waals surface area contributed by atoms with Gasteiger partial charge < -0.3 is 14.7 Å². The molecule has 2 aliphatic rings. The molecule has 0 fully saturated rings. The van der Waals surface area contributed by atoms with Crippen molar-refractivity contribution in [2.75, 3.05) is 14.7 Å². The van der Waals surface area contributed by atoms with Crippen molar-refractivity contribution < 1.29 is 0 Å². The normalized spacial score (nSPS) is 13.8. The first-order valence-electron chi connectivity index (χ1n) is 24.8. The molecule has 0 aromatic heterocycles. The maximum Gasteiger partial charge on any atom is 0.0544 e. The number of rotatable bonds is 8. The van der Waals surface area contributed by atoms with Gasteiger partial charge in [-0.1, -0.05) is 185 Å². The van der Waals surface area contributed by atoms with Crippen LogP contribution in [0.1, 0.15) is 49.9 Å². The molecule has 0 spiro atoms. The van der Waals surface area contributed by atoms with E-state index < -0.39 is 0 Å². The Labute approximate surface area is 417 Å². The summed E-state index contributed by atoms with van der Waals surface area (Å²) < 4.78 is 0. The van der Waals surface area contributed by atoms with Gasteiger partial charge >= 0.3 is 0 Å². The molecule has 0 unspecified atom stereocenters. The van der Waals surface area contributed by atoms with Crippen LogP contribution in [0.25, 0.3) is 43.8 Å². The largest absolute Gasteiger partial charge is 0.310 e. The van der Waals surface area contributed by atoms with Gasteiger partial charge in [0.1, 0.15) is 0 Å². The average Bonchev–Trinajstić information content (AvgIpc) is 3.42. The van der Waals surface area contributed by atoms with E-state index in [0.29, 0.717) is 0 Å². The minimum Gasteiger partial charge on any atom is -0.310 e. The quantitative estimate of drug-likeness (QED) is 0.150. The molecule has 11 aromatic carbocycles. The number of hydrogen-bond acceptors (Lipinski definition) is 3. The highest BCUT2D eigenvalue weighted by atomic mass is 15.2. The predicted molar refractivity (Wildman–Crippen MR) is 301 cm³/mol. The first kappa shape index (κ1) is 42.4. The van der Waals surface area contributed by atoms with Crippen molar-refractivity contribution in [3.8, 4) is 22.3 Å². The Bertz CT molecular complexity index is 3810. The van der Waals surface area contributed by atoms with Gasteiger partial charge in [-0.15, -0.1) is 0 Å². The predicted octanol–water partition coefficient (Wildman–Crippen LogP) is 19.0. The number of benzene rings is 11. The molecule has 2 heterocycles. The number of hydrogen-bond donors (Lipinski definition) is 0. The van der Waals surface area contributed by atoms with Crippen LogP contribution in [0.15, 0.2) is 249 Å². The Balaban J connectivity index is 0.916. The molecule has 0 N–H and O–H groups in total. The second kappa shape index (κ2) is 16.5. The van der Waals surface area contributed by atoms with Gasteiger partial charge in [-0.3, -0.25) is 0 Å². The molecular formula is C68H53N3. The van der Waals surface area contributed by atoms with Crippen LogP contribution >= 0.6 is 0 Å². The van der Waals surface area contributed by atoms with Crippen LogP contribution in [-0.4, -0.2) is 0 Å². The minimum atomic E-state index is -0.318.